The van der Waals surface area contributed by atoms with E-state index in [2.05, 4.69) is 15.6 Å². The quantitative estimate of drug-likeness (QED) is 0.861. The molecule has 0 spiro atoms. The van der Waals surface area contributed by atoms with Crippen LogP contribution in [0.15, 0.2) is 18.3 Å². The minimum absolute atomic E-state index is 0.0584. The molecule has 1 aromatic rings. The van der Waals surface area contributed by atoms with E-state index < -0.39 is 23.9 Å². The van der Waals surface area contributed by atoms with Gasteiger partial charge in [0.05, 0.1) is 19.2 Å². The van der Waals surface area contributed by atoms with Crippen molar-refractivity contribution in [3.05, 3.63) is 23.9 Å². The Hall–Kier alpha value is -2.25. The maximum atomic E-state index is 13.0. The maximum absolute atomic E-state index is 13.0. The van der Waals surface area contributed by atoms with Gasteiger partial charge in [-0.1, -0.05) is 0 Å². The summed E-state index contributed by atoms with van der Waals surface area (Å²) in [5, 5.41) is 4.85. The minimum Gasteiger partial charge on any atom is -0.481 e. The molecule has 2 rings (SSSR count). The molecule has 2 atom stereocenters. The number of alkyl halides is 2. The molecule has 0 aliphatic carbocycles. The number of amides is 2. The molecular weight excluding hydrogens is 284 g/mol. The molecule has 0 radical (unpaired) electrons. The number of ether oxygens (including phenoxy) is 1. The topological polar surface area (TPSA) is 80.3 Å². The van der Waals surface area contributed by atoms with Crippen molar-refractivity contribution in [1.82, 2.24) is 15.6 Å². The molecule has 2 N–H and O–H groups in total. The molecule has 1 aliphatic rings. The smallest absolute Gasteiger partial charge is 0.321 e. The van der Waals surface area contributed by atoms with Crippen LogP contribution in [0, 0.1) is 0 Å². The van der Waals surface area contributed by atoms with Crippen LogP contribution >= 0.6 is 0 Å². The monoisotopic (exact) mass is 299 g/mol. The third-order valence-electron chi connectivity index (χ3n) is 3.17. The van der Waals surface area contributed by atoms with Crippen LogP contribution < -0.4 is 15.4 Å². The summed E-state index contributed by atoms with van der Waals surface area (Å²) >= 11 is 0. The Labute approximate surface area is 119 Å². The van der Waals surface area contributed by atoms with Crippen LogP contribution in [0.4, 0.5) is 8.78 Å². The van der Waals surface area contributed by atoms with Gasteiger partial charge in [0.15, 0.2) is 0 Å². The molecule has 2 heterocycles. The van der Waals surface area contributed by atoms with Gasteiger partial charge in [-0.2, -0.15) is 8.78 Å². The molecule has 1 saturated heterocycles. The van der Waals surface area contributed by atoms with Crippen molar-refractivity contribution in [3.8, 4) is 5.88 Å². The van der Waals surface area contributed by atoms with Gasteiger partial charge in [-0.15, -0.1) is 0 Å². The number of carbonyl (C=O) groups is 2. The summed E-state index contributed by atoms with van der Waals surface area (Å²) in [5.41, 5.74) is 0.623. The van der Waals surface area contributed by atoms with Gasteiger partial charge in [0.2, 0.25) is 11.8 Å². The molecule has 21 heavy (non-hydrogen) atoms. The van der Waals surface area contributed by atoms with Gasteiger partial charge in [-0.25, -0.2) is 4.98 Å². The van der Waals surface area contributed by atoms with Crippen molar-refractivity contribution in [3.63, 3.8) is 0 Å². The second kappa shape index (κ2) is 5.63. The van der Waals surface area contributed by atoms with Gasteiger partial charge >= 0.3 is 5.92 Å². The van der Waals surface area contributed by atoms with E-state index in [4.69, 9.17) is 4.74 Å². The Balaban J connectivity index is 2.20. The zero-order chi connectivity index (χ0) is 15.6. The van der Waals surface area contributed by atoms with Crippen molar-refractivity contribution in [2.24, 2.45) is 0 Å². The van der Waals surface area contributed by atoms with Crippen molar-refractivity contribution in [1.29, 1.82) is 0 Å². The number of halogens is 2. The Kier molecular flexibility index (Phi) is 4.06. The largest absolute Gasteiger partial charge is 0.481 e. The zero-order valence-electron chi connectivity index (χ0n) is 11.5. The van der Waals surface area contributed by atoms with Gasteiger partial charge in [0.1, 0.15) is 0 Å². The molecule has 8 heteroatoms. The van der Waals surface area contributed by atoms with E-state index in [0.717, 1.165) is 0 Å². The van der Waals surface area contributed by atoms with Crippen molar-refractivity contribution in [2.75, 3.05) is 7.11 Å². The highest BCUT2D eigenvalue weighted by atomic mass is 19.3. The molecule has 0 saturated carbocycles. The number of pyridine rings is 1. The summed E-state index contributed by atoms with van der Waals surface area (Å²) < 4.78 is 30.9. The van der Waals surface area contributed by atoms with E-state index in [0.29, 0.717) is 18.4 Å². The lowest BCUT2D eigenvalue weighted by Crippen LogP contribution is -2.45. The molecule has 1 aromatic heterocycles. The van der Waals surface area contributed by atoms with Gasteiger partial charge in [-0.3, -0.25) is 9.59 Å². The van der Waals surface area contributed by atoms with Gasteiger partial charge in [0.25, 0.3) is 5.91 Å². The van der Waals surface area contributed by atoms with Crippen molar-refractivity contribution in [2.45, 2.75) is 31.4 Å². The second-order valence-electron chi connectivity index (χ2n) is 4.85. The highest BCUT2D eigenvalue weighted by Gasteiger charge is 2.40. The molecule has 2 amide bonds. The van der Waals surface area contributed by atoms with Gasteiger partial charge < -0.3 is 15.4 Å². The molecule has 114 valence electrons. The molecule has 0 aromatic carbocycles. The minimum atomic E-state index is -3.49. The SMILES string of the molecule is COc1cc([C@@H]2NC(=O)C[C@H]2NC(=O)C(C)(F)F)ccn1. The maximum Gasteiger partial charge on any atom is 0.321 e. The lowest BCUT2D eigenvalue weighted by molar-refractivity contribution is -0.143. The van der Waals surface area contributed by atoms with Gasteiger partial charge in [0, 0.05) is 25.6 Å². The third-order valence-corrected chi connectivity index (χ3v) is 3.17. The number of carbonyl (C=O) groups excluding carboxylic acids is 2. The summed E-state index contributed by atoms with van der Waals surface area (Å²) in [6, 6.07) is 1.87. The number of nitrogens with one attached hydrogen (secondary N) is 2. The van der Waals surface area contributed by atoms with E-state index >= 15 is 0 Å². The predicted molar refractivity (Wildman–Crippen MR) is 68.8 cm³/mol. The van der Waals surface area contributed by atoms with E-state index in [1.165, 1.54) is 13.3 Å². The number of rotatable bonds is 4. The van der Waals surface area contributed by atoms with Crippen LogP contribution in [-0.2, 0) is 9.59 Å². The van der Waals surface area contributed by atoms with E-state index in [1.807, 2.05) is 0 Å². The first-order valence-corrected chi connectivity index (χ1v) is 6.29. The second-order valence-corrected chi connectivity index (χ2v) is 4.85. The Bertz CT molecular complexity index is 560. The van der Waals surface area contributed by atoms with Crippen molar-refractivity contribution >= 4 is 11.8 Å². The third kappa shape index (κ3) is 3.45. The summed E-state index contributed by atoms with van der Waals surface area (Å²) in [6.07, 6.45) is 1.42. The first-order valence-electron chi connectivity index (χ1n) is 6.29. The first-order chi connectivity index (χ1) is 9.81. The zero-order valence-corrected chi connectivity index (χ0v) is 11.5. The number of nitrogens with zero attached hydrogens (tertiary/aromatic N) is 1. The standard InChI is InChI=1S/C13H15F2N3O3/c1-13(14,15)12(20)17-8-6-9(19)18-11(8)7-3-4-16-10(5-7)21-2/h3-5,8,11H,6H2,1-2H3,(H,17,20)(H,18,19)/t8-,11+/m1/s1. The fourth-order valence-electron chi connectivity index (χ4n) is 2.13. The first kappa shape index (κ1) is 15.1. The Morgan fingerprint density at radius 2 is 2.29 bits per heavy atom. The summed E-state index contributed by atoms with van der Waals surface area (Å²) in [5.74, 6) is -4.89. The van der Waals surface area contributed by atoms with Crippen LogP contribution in [0.25, 0.3) is 0 Å². The van der Waals surface area contributed by atoms with Crippen LogP contribution in [-0.4, -0.2) is 35.9 Å². The van der Waals surface area contributed by atoms with Crippen LogP contribution in [0.3, 0.4) is 0 Å². The summed E-state index contributed by atoms with van der Waals surface area (Å²) in [4.78, 5) is 26.8. The van der Waals surface area contributed by atoms with Crippen LogP contribution in [0.5, 0.6) is 5.88 Å². The van der Waals surface area contributed by atoms with Crippen LogP contribution in [0.2, 0.25) is 0 Å². The fourth-order valence-corrected chi connectivity index (χ4v) is 2.13. The number of methoxy groups -OCH3 is 1. The van der Waals surface area contributed by atoms with E-state index in [-0.39, 0.29) is 12.3 Å². The average molecular weight is 299 g/mol. The predicted octanol–water partition coefficient (Wildman–Crippen LogP) is 0.791. The average Bonchev–Trinajstić information content (AvgIpc) is 2.78. The number of hydrogen-bond acceptors (Lipinski definition) is 4. The molecule has 0 unspecified atom stereocenters. The normalized spacial score (nSPS) is 21.8. The van der Waals surface area contributed by atoms with Crippen LogP contribution in [0.1, 0.15) is 24.9 Å². The Morgan fingerprint density at radius 3 is 2.90 bits per heavy atom. The lowest BCUT2D eigenvalue weighted by Gasteiger charge is -2.22. The lowest BCUT2D eigenvalue weighted by atomic mass is 10.0. The fraction of sp³-hybridized carbons (Fsp3) is 0.462. The highest BCUT2D eigenvalue weighted by Crippen LogP contribution is 2.27. The summed E-state index contributed by atoms with van der Waals surface area (Å²) in [7, 11) is 1.44. The molecule has 1 aliphatic heterocycles. The number of hydrogen-bond donors (Lipinski definition) is 2. The van der Waals surface area contributed by atoms with E-state index in [1.54, 1.807) is 12.1 Å². The van der Waals surface area contributed by atoms with Gasteiger partial charge in [-0.05, 0) is 11.6 Å². The molecular formula is C13H15F2N3O3. The number of aromatic nitrogens is 1. The summed E-state index contributed by atoms with van der Waals surface area (Å²) in [6.45, 7) is 0.511. The molecule has 0 bridgehead atoms. The molecule has 1 fully saturated rings. The molecule has 6 nitrogen and oxygen atoms in total. The Morgan fingerprint density at radius 1 is 1.57 bits per heavy atom. The van der Waals surface area contributed by atoms with Crippen molar-refractivity contribution < 1.29 is 23.1 Å². The highest BCUT2D eigenvalue weighted by molar-refractivity contribution is 5.86. The van der Waals surface area contributed by atoms with E-state index in [9.17, 15) is 18.4 Å².